The van der Waals surface area contributed by atoms with Crippen molar-refractivity contribution in [2.45, 2.75) is 19.6 Å². The lowest BCUT2D eigenvalue weighted by Crippen LogP contribution is -2.26. The minimum atomic E-state index is -4.44. The standard InChI is InChI=1S/C17H18F3N5O3/c1-11(26)21-7-8-22-16-14(25(27)28)5-6-15(24-16)23-10-12-3-2-4-13(9-12)17(18,19)20/h2-6,9H,7-8,10H2,1H3,(H,21,26)(H2,22,23,24). The Hall–Kier alpha value is -3.37. The molecule has 0 saturated heterocycles. The number of rotatable bonds is 8. The minimum Gasteiger partial charge on any atom is -0.366 e. The number of nitrogens with zero attached hydrogens (tertiary/aromatic N) is 2. The van der Waals surface area contributed by atoms with Gasteiger partial charge in [0.1, 0.15) is 5.82 Å². The summed E-state index contributed by atoms with van der Waals surface area (Å²) >= 11 is 0. The zero-order valence-electron chi connectivity index (χ0n) is 14.8. The van der Waals surface area contributed by atoms with Gasteiger partial charge in [0, 0.05) is 32.6 Å². The van der Waals surface area contributed by atoms with Crippen molar-refractivity contribution in [3.63, 3.8) is 0 Å². The number of aromatic nitrogens is 1. The number of anilines is 2. The van der Waals surface area contributed by atoms with Crippen LogP contribution in [0.5, 0.6) is 0 Å². The summed E-state index contributed by atoms with van der Waals surface area (Å²) in [5, 5.41) is 19.3. The predicted octanol–water partition coefficient (Wildman–Crippen LogP) is 3.17. The zero-order chi connectivity index (χ0) is 20.7. The summed E-state index contributed by atoms with van der Waals surface area (Å²) in [6.45, 7) is 1.86. The van der Waals surface area contributed by atoms with E-state index in [0.29, 0.717) is 5.56 Å². The minimum absolute atomic E-state index is 0.00982. The van der Waals surface area contributed by atoms with Gasteiger partial charge >= 0.3 is 11.9 Å². The number of benzene rings is 1. The van der Waals surface area contributed by atoms with Crippen LogP contribution < -0.4 is 16.0 Å². The number of amides is 1. The fourth-order valence-corrected chi connectivity index (χ4v) is 2.30. The quantitative estimate of drug-likeness (QED) is 0.359. The molecule has 28 heavy (non-hydrogen) atoms. The molecule has 0 unspecified atom stereocenters. The van der Waals surface area contributed by atoms with Gasteiger partial charge in [-0.05, 0) is 23.8 Å². The molecule has 1 amide bonds. The maximum absolute atomic E-state index is 12.8. The molecule has 0 bridgehead atoms. The highest BCUT2D eigenvalue weighted by atomic mass is 19.4. The fourth-order valence-electron chi connectivity index (χ4n) is 2.30. The van der Waals surface area contributed by atoms with Crippen LogP contribution in [0.25, 0.3) is 0 Å². The number of nitrogens with one attached hydrogen (secondary N) is 3. The third-order valence-corrected chi connectivity index (χ3v) is 3.59. The zero-order valence-corrected chi connectivity index (χ0v) is 14.8. The number of halogens is 3. The number of carbonyl (C=O) groups excluding carboxylic acids is 1. The highest BCUT2D eigenvalue weighted by molar-refractivity contribution is 5.72. The Balaban J connectivity index is 2.08. The lowest BCUT2D eigenvalue weighted by molar-refractivity contribution is -0.384. The first-order valence-corrected chi connectivity index (χ1v) is 8.20. The largest absolute Gasteiger partial charge is 0.416 e. The second-order valence-corrected chi connectivity index (χ2v) is 5.78. The molecule has 0 aliphatic heterocycles. The first kappa shape index (κ1) is 20.9. The van der Waals surface area contributed by atoms with Gasteiger partial charge in [-0.1, -0.05) is 12.1 Å². The van der Waals surface area contributed by atoms with E-state index in [1.807, 2.05) is 0 Å². The molecule has 3 N–H and O–H groups in total. The van der Waals surface area contributed by atoms with Gasteiger partial charge in [0.15, 0.2) is 0 Å². The number of hydrogen-bond donors (Lipinski definition) is 3. The van der Waals surface area contributed by atoms with Gasteiger partial charge in [0.2, 0.25) is 11.7 Å². The van der Waals surface area contributed by atoms with Gasteiger partial charge in [-0.15, -0.1) is 0 Å². The topological polar surface area (TPSA) is 109 Å². The van der Waals surface area contributed by atoms with Crippen molar-refractivity contribution in [1.82, 2.24) is 10.3 Å². The first-order chi connectivity index (χ1) is 13.2. The summed E-state index contributed by atoms with van der Waals surface area (Å²) < 4.78 is 38.3. The van der Waals surface area contributed by atoms with Crippen LogP contribution in [-0.2, 0) is 17.5 Å². The van der Waals surface area contributed by atoms with Crippen molar-refractivity contribution >= 4 is 23.2 Å². The molecule has 2 rings (SSSR count). The van der Waals surface area contributed by atoms with Crippen molar-refractivity contribution in [3.05, 3.63) is 57.6 Å². The van der Waals surface area contributed by atoms with E-state index < -0.39 is 16.7 Å². The Labute approximate surface area is 158 Å². The second kappa shape index (κ2) is 9.02. The molecule has 8 nitrogen and oxygen atoms in total. The van der Waals surface area contributed by atoms with Crippen molar-refractivity contribution < 1.29 is 22.9 Å². The average molecular weight is 397 g/mol. The Morgan fingerprint density at radius 1 is 1.18 bits per heavy atom. The van der Waals surface area contributed by atoms with Gasteiger partial charge in [0.05, 0.1) is 10.5 Å². The van der Waals surface area contributed by atoms with Crippen LogP contribution in [0.4, 0.5) is 30.5 Å². The highest BCUT2D eigenvalue weighted by Crippen LogP contribution is 2.30. The third-order valence-electron chi connectivity index (χ3n) is 3.59. The SMILES string of the molecule is CC(=O)NCCNc1nc(NCc2cccc(C(F)(F)F)c2)ccc1[N+](=O)[O-]. The summed E-state index contributed by atoms with van der Waals surface area (Å²) in [6.07, 6.45) is -4.44. The smallest absolute Gasteiger partial charge is 0.366 e. The Kier molecular flexibility index (Phi) is 6.74. The van der Waals surface area contributed by atoms with Gasteiger partial charge in [-0.3, -0.25) is 14.9 Å². The van der Waals surface area contributed by atoms with Gasteiger partial charge < -0.3 is 16.0 Å². The maximum atomic E-state index is 12.8. The van der Waals surface area contributed by atoms with Crippen LogP contribution in [0, 0.1) is 10.1 Å². The van der Waals surface area contributed by atoms with E-state index in [4.69, 9.17) is 0 Å². The molecule has 0 spiro atoms. The van der Waals surface area contributed by atoms with E-state index >= 15 is 0 Å². The molecule has 1 heterocycles. The van der Waals surface area contributed by atoms with Crippen molar-refractivity contribution in [2.24, 2.45) is 0 Å². The molecule has 0 aliphatic rings. The molecule has 0 atom stereocenters. The Bertz CT molecular complexity index is 858. The summed E-state index contributed by atoms with van der Waals surface area (Å²) in [5.74, 6) is 0.00944. The van der Waals surface area contributed by atoms with Crippen molar-refractivity contribution in [2.75, 3.05) is 23.7 Å². The number of nitro groups is 1. The molecule has 0 fully saturated rings. The van der Waals surface area contributed by atoms with E-state index in [1.165, 1.54) is 31.2 Å². The molecule has 0 saturated carbocycles. The van der Waals surface area contributed by atoms with Gasteiger partial charge in [-0.25, -0.2) is 4.98 Å². The van der Waals surface area contributed by atoms with Crippen LogP contribution in [0.1, 0.15) is 18.1 Å². The molecule has 0 aliphatic carbocycles. The lowest BCUT2D eigenvalue weighted by atomic mass is 10.1. The number of pyridine rings is 1. The van der Waals surface area contributed by atoms with Gasteiger partial charge in [0.25, 0.3) is 0 Å². The second-order valence-electron chi connectivity index (χ2n) is 5.78. The lowest BCUT2D eigenvalue weighted by Gasteiger charge is -2.11. The Morgan fingerprint density at radius 2 is 1.93 bits per heavy atom. The average Bonchev–Trinajstić information content (AvgIpc) is 2.63. The Morgan fingerprint density at radius 3 is 2.57 bits per heavy atom. The maximum Gasteiger partial charge on any atom is 0.416 e. The monoisotopic (exact) mass is 397 g/mol. The first-order valence-electron chi connectivity index (χ1n) is 8.20. The number of carbonyl (C=O) groups is 1. The van der Waals surface area contributed by atoms with E-state index in [-0.39, 0.29) is 42.9 Å². The summed E-state index contributed by atoms with van der Waals surface area (Å²) in [6, 6.07) is 7.43. The normalized spacial score (nSPS) is 11.0. The molecule has 1 aromatic carbocycles. The van der Waals surface area contributed by atoms with Gasteiger partial charge in [-0.2, -0.15) is 13.2 Å². The van der Waals surface area contributed by atoms with Crippen molar-refractivity contribution in [1.29, 1.82) is 0 Å². The molecule has 2 aromatic rings. The highest BCUT2D eigenvalue weighted by Gasteiger charge is 2.30. The molecular weight excluding hydrogens is 379 g/mol. The summed E-state index contributed by atoms with van der Waals surface area (Å²) in [7, 11) is 0. The third kappa shape index (κ3) is 6.11. The van der Waals surface area contributed by atoms with Crippen LogP contribution in [0.2, 0.25) is 0 Å². The van der Waals surface area contributed by atoms with E-state index in [1.54, 1.807) is 0 Å². The number of alkyl halides is 3. The van der Waals surface area contributed by atoms with Crippen LogP contribution in [-0.4, -0.2) is 28.9 Å². The molecule has 1 aromatic heterocycles. The van der Waals surface area contributed by atoms with E-state index in [2.05, 4.69) is 20.9 Å². The molecular formula is C17H18F3N5O3. The van der Waals surface area contributed by atoms with Crippen LogP contribution in [0.15, 0.2) is 36.4 Å². The molecule has 0 radical (unpaired) electrons. The van der Waals surface area contributed by atoms with E-state index in [0.717, 1.165) is 12.1 Å². The molecule has 150 valence electrons. The summed E-state index contributed by atoms with van der Waals surface area (Å²) in [5.41, 5.74) is -0.633. The van der Waals surface area contributed by atoms with Crippen LogP contribution in [0.3, 0.4) is 0 Å². The van der Waals surface area contributed by atoms with E-state index in [9.17, 15) is 28.1 Å². The number of hydrogen-bond acceptors (Lipinski definition) is 6. The molecule has 11 heteroatoms. The predicted molar refractivity (Wildman–Crippen MR) is 96.8 cm³/mol. The summed E-state index contributed by atoms with van der Waals surface area (Å²) in [4.78, 5) is 25.5. The van der Waals surface area contributed by atoms with Crippen LogP contribution >= 0.6 is 0 Å². The van der Waals surface area contributed by atoms with Crippen molar-refractivity contribution in [3.8, 4) is 0 Å². The fraction of sp³-hybridized carbons (Fsp3) is 0.294.